The maximum atomic E-state index is 11.9. The van der Waals surface area contributed by atoms with Gasteiger partial charge in [-0.2, -0.15) is 0 Å². The molecular formula is C12H18Cl2N2O2. The van der Waals surface area contributed by atoms with Crippen LogP contribution in [0.5, 0.6) is 5.75 Å². The number of ether oxygens (including phenoxy) is 1. The van der Waals surface area contributed by atoms with Crippen LogP contribution in [0.15, 0.2) is 18.2 Å². The molecule has 0 aliphatic heterocycles. The molecule has 0 aliphatic rings. The second-order valence-corrected chi connectivity index (χ2v) is 4.26. The first-order valence-corrected chi connectivity index (χ1v) is 5.70. The molecule has 18 heavy (non-hydrogen) atoms. The van der Waals surface area contributed by atoms with E-state index in [-0.39, 0.29) is 24.2 Å². The Labute approximate surface area is 118 Å². The molecule has 0 bridgehead atoms. The molecule has 0 fully saturated rings. The minimum atomic E-state index is -0.208. The number of hydrogen-bond donors (Lipinski definition) is 1. The minimum absolute atomic E-state index is 0. The number of carbonyl (C=O) groups excluding carboxylic acids is 1. The van der Waals surface area contributed by atoms with Gasteiger partial charge in [-0.25, -0.2) is 0 Å². The van der Waals surface area contributed by atoms with Gasteiger partial charge in [0.25, 0.3) is 0 Å². The van der Waals surface area contributed by atoms with Crippen molar-refractivity contribution in [1.82, 2.24) is 0 Å². The van der Waals surface area contributed by atoms with Crippen molar-refractivity contribution >= 4 is 35.6 Å². The third-order valence-electron chi connectivity index (χ3n) is 2.63. The number of nitrogens with zero attached hydrogens (tertiary/aromatic N) is 1. The highest BCUT2D eigenvalue weighted by atomic mass is 35.5. The van der Waals surface area contributed by atoms with Crippen LogP contribution in [0.3, 0.4) is 0 Å². The van der Waals surface area contributed by atoms with E-state index in [2.05, 4.69) is 0 Å². The van der Waals surface area contributed by atoms with Crippen molar-refractivity contribution in [2.75, 3.05) is 25.6 Å². The smallest absolute Gasteiger partial charge is 0.230 e. The summed E-state index contributed by atoms with van der Waals surface area (Å²) in [6.07, 6.45) is 0. The summed E-state index contributed by atoms with van der Waals surface area (Å²) in [7, 11) is 3.25. The third-order valence-corrected chi connectivity index (χ3v) is 2.92. The third kappa shape index (κ3) is 3.77. The second kappa shape index (κ2) is 7.46. The van der Waals surface area contributed by atoms with Crippen molar-refractivity contribution in [1.29, 1.82) is 0 Å². The van der Waals surface area contributed by atoms with Crippen LogP contribution in [0.1, 0.15) is 6.92 Å². The summed E-state index contributed by atoms with van der Waals surface area (Å²) in [5, 5.41) is 0.477. The van der Waals surface area contributed by atoms with Crippen LogP contribution in [0, 0.1) is 5.92 Å². The van der Waals surface area contributed by atoms with Crippen molar-refractivity contribution < 1.29 is 9.53 Å². The van der Waals surface area contributed by atoms with Crippen LogP contribution in [0.25, 0.3) is 0 Å². The van der Waals surface area contributed by atoms with Crippen molar-refractivity contribution in [3.8, 4) is 5.75 Å². The van der Waals surface area contributed by atoms with Gasteiger partial charge in [-0.1, -0.05) is 18.5 Å². The van der Waals surface area contributed by atoms with Crippen LogP contribution >= 0.6 is 24.0 Å². The zero-order chi connectivity index (χ0) is 13.0. The molecule has 0 heterocycles. The quantitative estimate of drug-likeness (QED) is 0.927. The van der Waals surface area contributed by atoms with Gasteiger partial charge < -0.3 is 15.4 Å². The molecule has 0 radical (unpaired) electrons. The predicted octanol–water partition coefficient (Wildman–Crippen LogP) is 2.33. The molecular weight excluding hydrogens is 275 g/mol. The number of halogens is 2. The van der Waals surface area contributed by atoms with Gasteiger partial charge in [-0.05, 0) is 18.2 Å². The summed E-state index contributed by atoms with van der Waals surface area (Å²) in [5.74, 6) is 0.345. The van der Waals surface area contributed by atoms with E-state index in [0.29, 0.717) is 17.3 Å². The highest BCUT2D eigenvalue weighted by Crippen LogP contribution is 2.29. The van der Waals surface area contributed by atoms with Crippen molar-refractivity contribution in [2.45, 2.75) is 6.92 Å². The van der Waals surface area contributed by atoms with Crippen LogP contribution in [0.2, 0.25) is 5.02 Å². The topological polar surface area (TPSA) is 55.6 Å². The Morgan fingerprint density at radius 3 is 2.61 bits per heavy atom. The predicted molar refractivity (Wildman–Crippen MR) is 76.9 cm³/mol. The molecule has 0 saturated carbocycles. The minimum Gasteiger partial charge on any atom is -0.495 e. The Kier molecular flexibility index (Phi) is 7.06. The van der Waals surface area contributed by atoms with E-state index < -0.39 is 0 Å². The Morgan fingerprint density at radius 2 is 2.17 bits per heavy atom. The van der Waals surface area contributed by atoms with E-state index in [0.717, 1.165) is 5.69 Å². The molecule has 1 aromatic rings. The van der Waals surface area contributed by atoms with Gasteiger partial charge in [-0.3, -0.25) is 4.79 Å². The lowest BCUT2D eigenvalue weighted by Crippen LogP contribution is -2.35. The maximum Gasteiger partial charge on any atom is 0.230 e. The molecule has 0 spiro atoms. The Bertz CT molecular complexity index is 413. The number of nitrogens with two attached hydrogens (primary N) is 1. The van der Waals surface area contributed by atoms with Gasteiger partial charge in [0.1, 0.15) is 5.75 Å². The van der Waals surface area contributed by atoms with E-state index in [4.69, 9.17) is 22.1 Å². The lowest BCUT2D eigenvalue weighted by Gasteiger charge is -2.21. The first-order chi connectivity index (χ1) is 8.01. The summed E-state index contributed by atoms with van der Waals surface area (Å²) in [6.45, 7) is 2.12. The Balaban J connectivity index is 0.00000289. The summed E-state index contributed by atoms with van der Waals surface area (Å²) in [4.78, 5) is 13.5. The molecule has 4 nitrogen and oxygen atoms in total. The summed E-state index contributed by atoms with van der Waals surface area (Å²) in [6, 6.07) is 5.21. The molecule has 2 N–H and O–H groups in total. The molecule has 1 unspecified atom stereocenters. The van der Waals surface area contributed by atoms with Gasteiger partial charge in [-0.15, -0.1) is 12.4 Å². The normalized spacial score (nSPS) is 11.4. The zero-order valence-electron chi connectivity index (χ0n) is 10.6. The fourth-order valence-corrected chi connectivity index (χ4v) is 1.67. The van der Waals surface area contributed by atoms with Crippen LogP contribution < -0.4 is 15.4 Å². The Morgan fingerprint density at radius 1 is 1.56 bits per heavy atom. The average Bonchev–Trinajstić information content (AvgIpc) is 2.35. The fraction of sp³-hybridized carbons (Fsp3) is 0.417. The van der Waals surface area contributed by atoms with Crippen molar-refractivity contribution in [3.05, 3.63) is 23.2 Å². The lowest BCUT2D eigenvalue weighted by molar-refractivity contribution is -0.121. The standard InChI is InChI=1S/C12H17ClN2O2.ClH/c1-8(7-14)12(16)15(2)9-4-5-11(17-3)10(13)6-9;/h4-6,8H,7,14H2,1-3H3;1H. The number of rotatable bonds is 4. The molecule has 1 aromatic carbocycles. The number of benzene rings is 1. The maximum absolute atomic E-state index is 11.9. The van der Waals surface area contributed by atoms with Crippen LogP contribution in [0.4, 0.5) is 5.69 Å². The highest BCUT2D eigenvalue weighted by Gasteiger charge is 2.17. The molecule has 0 aromatic heterocycles. The highest BCUT2D eigenvalue weighted by molar-refractivity contribution is 6.32. The second-order valence-electron chi connectivity index (χ2n) is 3.85. The number of hydrogen-bond acceptors (Lipinski definition) is 3. The van der Waals surface area contributed by atoms with E-state index in [1.54, 1.807) is 44.2 Å². The van der Waals surface area contributed by atoms with E-state index in [1.807, 2.05) is 0 Å². The average molecular weight is 293 g/mol. The molecule has 1 rings (SSSR count). The van der Waals surface area contributed by atoms with Gasteiger partial charge in [0.2, 0.25) is 5.91 Å². The number of anilines is 1. The van der Waals surface area contributed by atoms with Gasteiger partial charge in [0.05, 0.1) is 12.1 Å². The fourth-order valence-electron chi connectivity index (χ4n) is 1.42. The summed E-state index contributed by atoms with van der Waals surface area (Å²) >= 11 is 6.00. The Hall–Kier alpha value is -0.970. The van der Waals surface area contributed by atoms with E-state index in [1.165, 1.54) is 0 Å². The summed E-state index contributed by atoms with van der Waals surface area (Å²) < 4.78 is 5.05. The van der Waals surface area contributed by atoms with Crippen LogP contribution in [-0.4, -0.2) is 26.6 Å². The van der Waals surface area contributed by atoms with E-state index >= 15 is 0 Å². The molecule has 1 atom stereocenters. The molecule has 102 valence electrons. The SMILES string of the molecule is COc1ccc(N(C)C(=O)C(C)CN)cc1Cl.Cl. The number of methoxy groups -OCH3 is 1. The monoisotopic (exact) mass is 292 g/mol. The van der Waals surface area contributed by atoms with Crippen molar-refractivity contribution in [3.63, 3.8) is 0 Å². The number of amides is 1. The first-order valence-electron chi connectivity index (χ1n) is 5.32. The zero-order valence-corrected chi connectivity index (χ0v) is 12.2. The van der Waals surface area contributed by atoms with Gasteiger partial charge >= 0.3 is 0 Å². The van der Waals surface area contributed by atoms with Gasteiger partial charge in [0.15, 0.2) is 0 Å². The van der Waals surface area contributed by atoms with Crippen LogP contribution in [-0.2, 0) is 4.79 Å². The summed E-state index contributed by atoms with van der Waals surface area (Å²) in [5.41, 5.74) is 6.19. The molecule has 0 aliphatic carbocycles. The first kappa shape index (κ1) is 17.0. The molecule has 6 heteroatoms. The lowest BCUT2D eigenvalue weighted by atomic mass is 10.1. The molecule has 0 saturated heterocycles. The number of carbonyl (C=O) groups is 1. The van der Waals surface area contributed by atoms with Gasteiger partial charge in [0, 0.05) is 25.2 Å². The molecule has 1 amide bonds. The van der Waals surface area contributed by atoms with Crippen molar-refractivity contribution in [2.24, 2.45) is 11.7 Å². The van der Waals surface area contributed by atoms with E-state index in [9.17, 15) is 4.79 Å². The largest absolute Gasteiger partial charge is 0.495 e.